The molecular formula is C19H16N4O2S. The maximum absolute atomic E-state index is 5.67. The van der Waals surface area contributed by atoms with E-state index in [0.717, 1.165) is 45.7 Å². The van der Waals surface area contributed by atoms with Crippen LogP contribution in [0.4, 0.5) is 0 Å². The van der Waals surface area contributed by atoms with E-state index in [1.807, 2.05) is 28.8 Å². The van der Waals surface area contributed by atoms with Crippen LogP contribution in [0, 0.1) is 0 Å². The van der Waals surface area contributed by atoms with Crippen molar-refractivity contribution < 1.29 is 9.47 Å². The normalized spacial score (nSPS) is 13.2. The molecule has 1 aliphatic rings. The fraction of sp³-hybridized carbons (Fsp3) is 0.211. The second kappa shape index (κ2) is 6.42. The molecule has 0 radical (unpaired) electrons. The van der Waals surface area contributed by atoms with E-state index in [0.29, 0.717) is 13.2 Å². The van der Waals surface area contributed by atoms with Crippen LogP contribution in [0.1, 0.15) is 11.4 Å². The van der Waals surface area contributed by atoms with Crippen molar-refractivity contribution in [3.63, 3.8) is 0 Å². The summed E-state index contributed by atoms with van der Waals surface area (Å²) in [5, 5.41) is 14.2. The lowest BCUT2D eigenvalue weighted by atomic mass is 10.1. The highest BCUT2D eigenvalue weighted by molar-refractivity contribution is 7.19. The average Bonchev–Trinajstić information content (AvgIpc) is 3.28. The highest BCUT2D eigenvalue weighted by Gasteiger charge is 2.16. The number of rotatable bonds is 4. The molecule has 0 fully saturated rings. The molecule has 0 N–H and O–H groups in total. The van der Waals surface area contributed by atoms with Gasteiger partial charge in [0.2, 0.25) is 4.96 Å². The summed E-state index contributed by atoms with van der Waals surface area (Å²) < 4.78 is 13.1. The van der Waals surface area contributed by atoms with Gasteiger partial charge < -0.3 is 9.47 Å². The predicted octanol–water partition coefficient (Wildman–Crippen LogP) is 3.41. The lowest BCUT2D eigenvalue weighted by molar-refractivity contribution is 0.171. The Kier molecular flexibility index (Phi) is 3.79. The zero-order chi connectivity index (χ0) is 17.3. The van der Waals surface area contributed by atoms with E-state index in [-0.39, 0.29) is 0 Å². The minimum absolute atomic E-state index is 0.575. The standard InChI is InChI=1S/C19H16N4O2S/c1-2-4-13(5-3-1)6-9-17-20-21-19-23(17)22-18(26-19)14-7-8-15-16(12-14)25-11-10-24-15/h1-5,7-8,12H,6,9-11H2. The Hall–Kier alpha value is -2.93. The van der Waals surface area contributed by atoms with Gasteiger partial charge in [0.05, 0.1) is 0 Å². The van der Waals surface area contributed by atoms with E-state index >= 15 is 0 Å². The largest absolute Gasteiger partial charge is 0.486 e. The summed E-state index contributed by atoms with van der Waals surface area (Å²) in [7, 11) is 0. The zero-order valence-electron chi connectivity index (χ0n) is 14.0. The lowest BCUT2D eigenvalue weighted by Gasteiger charge is -2.18. The van der Waals surface area contributed by atoms with Crippen LogP contribution in [0.5, 0.6) is 11.5 Å². The first-order valence-corrected chi connectivity index (χ1v) is 9.33. The first-order chi connectivity index (χ1) is 12.9. The first-order valence-electron chi connectivity index (χ1n) is 8.52. The van der Waals surface area contributed by atoms with Crippen molar-refractivity contribution in [1.29, 1.82) is 0 Å². The average molecular weight is 364 g/mol. The number of hydrogen-bond donors (Lipinski definition) is 0. The Morgan fingerprint density at radius 3 is 2.65 bits per heavy atom. The van der Waals surface area contributed by atoms with Crippen molar-refractivity contribution in [3.8, 4) is 22.1 Å². The van der Waals surface area contributed by atoms with Crippen LogP contribution < -0.4 is 9.47 Å². The van der Waals surface area contributed by atoms with Gasteiger partial charge >= 0.3 is 0 Å². The van der Waals surface area contributed by atoms with Gasteiger partial charge in [-0.15, -0.1) is 10.2 Å². The predicted molar refractivity (Wildman–Crippen MR) is 98.9 cm³/mol. The smallest absolute Gasteiger partial charge is 0.234 e. The summed E-state index contributed by atoms with van der Waals surface area (Å²) >= 11 is 1.53. The number of hydrogen-bond acceptors (Lipinski definition) is 6. The highest BCUT2D eigenvalue weighted by atomic mass is 32.1. The first kappa shape index (κ1) is 15.3. The van der Waals surface area contributed by atoms with Gasteiger partial charge in [0.15, 0.2) is 17.3 Å². The van der Waals surface area contributed by atoms with Gasteiger partial charge in [-0.3, -0.25) is 0 Å². The van der Waals surface area contributed by atoms with Crippen LogP contribution in [-0.4, -0.2) is 33.0 Å². The zero-order valence-corrected chi connectivity index (χ0v) is 14.8. The molecule has 0 spiro atoms. The summed E-state index contributed by atoms with van der Waals surface area (Å²) in [5.41, 5.74) is 2.28. The molecular weight excluding hydrogens is 348 g/mol. The van der Waals surface area contributed by atoms with Crippen molar-refractivity contribution in [1.82, 2.24) is 19.8 Å². The summed E-state index contributed by atoms with van der Waals surface area (Å²) in [5.74, 6) is 2.43. The van der Waals surface area contributed by atoms with Crippen molar-refractivity contribution in [2.24, 2.45) is 0 Å². The van der Waals surface area contributed by atoms with Gasteiger partial charge in [0, 0.05) is 12.0 Å². The summed E-state index contributed by atoms with van der Waals surface area (Å²) in [6.07, 6.45) is 1.72. The number of aryl methyl sites for hydroxylation is 2. The number of fused-ring (bicyclic) bond motifs is 2. The Morgan fingerprint density at radius 1 is 0.923 bits per heavy atom. The Labute approximate surface area is 154 Å². The molecule has 3 heterocycles. The summed E-state index contributed by atoms with van der Waals surface area (Å²) in [6, 6.07) is 16.3. The van der Waals surface area contributed by atoms with E-state index in [4.69, 9.17) is 14.6 Å². The number of aromatic nitrogens is 4. The maximum Gasteiger partial charge on any atom is 0.234 e. The third kappa shape index (κ3) is 2.80. The fourth-order valence-electron chi connectivity index (χ4n) is 3.01. The summed E-state index contributed by atoms with van der Waals surface area (Å²) in [6.45, 7) is 1.17. The van der Waals surface area contributed by atoms with Crippen molar-refractivity contribution in [2.45, 2.75) is 12.8 Å². The Morgan fingerprint density at radius 2 is 1.77 bits per heavy atom. The van der Waals surface area contributed by atoms with Gasteiger partial charge in [-0.1, -0.05) is 41.7 Å². The lowest BCUT2D eigenvalue weighted by Crippen LogP contribution is -2.15. The fourth-order valence-corrected chi connectivity index (χ4v) is 3.86. The number of benzene rings is 2. The molecule has 0 saturated carbocycles. The van der Waals surface area contributed by atoms with Gasteiger partial charge in [0.25, 0.3) is 0 Å². The van der Waals surface area contributed by atoms with Gasteiger partial charge in [-0.25, -0.2) is 0 Å². The van der Waals surface area contributed by atoms with Crippen LogP contribution in [0.25, 0.3) is 15.5 Å². The minimum atomic E-state index is 0.575. The molecule has 0 saturated heterocycles. The van der Waals surface area contributed by atoms with Crippen molar-refractivity contribution in [3.05, 3.63) is 59.9 Å². The molecule has 1 aliphatic heterocycles. The molecule has 0 aliphatic carbocycles. The SMILES string of the molecule is c1ccc(CCc2nnc3sc(-c4ccc5c(c4)OCCO5)nn23)cc1. The van der Waals surface area contributed by atoms with E-state index in [1.54, 1.807) is 0 Å². The quantitative estimate of drug-likeness (QED) is 0.555. The second-order valence-corrected chi connectivity index (χ2v) is 7.02. The van der Waals surface area contributed by atoms with Crippen molar-refractivity contribution in [2.75, 3.05) is 13.2 Å². The molecule has 26 heavy (non-hydrogen) atoms. The third-order valence-corrected chi connectivity index (χ3v) is 5.27. The molecule has 0 bridgehead atoms. The van der Waals surface area contributed by atoms with E-state index in [2.05, 4.69) is 34.5 Å². The monoisotopic (exact) mass is 364 g/mol. The summed E-state index contributed by atoms with van der Waals surface area (Å²) in [4.78, 5) is 0.804. The molecule has 130 valence electrons. The van der Waals surface area contributed by atoms with E-state index < -0.39 is 0 Å². The van der Waals surface area contributed by atoms with Crippen LogP contribution in [0.2, 0.25) is 0 Å². The number of nitrogens with zero attached hydrogens (tertiary/aromatic N) is 4. The maximum atomic E-state index is 5.67. The third-order valence-electron chi connectivity index (χ3n) is 4.32. The topological polar surface area (TPSA) is 61.5 Å². The van der Waals surface area contributed by atoms with Gasteiger partial charge in [-0.2, -0.15) is 9.61 Å². The molecule has 0 atom stereocenters. The van der Waals surface area contributed by atoms with Crippen LogP contribution in [0.3, 0.4) is 0 Å². The van der Waals surface area contributed by atoms with Gasteiger partial charge in [0.1, 0.15) is 18.2 Å². The minimum Gasteiger partial charge on any atom is -0.486 e. The van der Waals surface area contributed by atoms with Crippen LogP contribution in [0.15, 0.2) is 48.5 Å². The Bertz CT molecular complexity index is 1060. The molecule has 5 rings (SSSR count). The van der Waals surface area contributed by atoms with Gasteiger partial charge in [-0.05, 0) is 30.2 Å². The van der Waals surface area contributed by atoms with Crippen molar-refractivity contribution >= 4 is 16.3 Å². The molecule has 0 amide bonds. The molecule has 4 aromatic rings. The molecule has 2 aromatic heterocycles. The van der Waals surface area contributed by atoms with E-state index in [1.165, 1.54) is 16.9 Å². The van der Waals surface area contributed by atoms with Crippen LogP contribution >= 0.6 is 11.3 Å². The van der Waals surface area contributed by atoms with Crippen LogP contribution in [-0.2, 0) is 12.8 Å². The molecule has 2 aromatic carbocycles. The second-order valence-electron chi connectivity index (χ2n) is 6.06. The van der Waals surface area contributed by atoms with E-state index in [9.17, 15) is 0 Å². The Balaban J connectivity index is 1.43. The molecule has 0 unspecified atom stereocenters. The number of ether oxygens (including phenoxy) is 2. The molecule has 7 heteroatoms. The highest BCUT2D eigenvalue weighted by Crippen LogP contribution is 2.35. The molecule has 6 nitrogen and oxygen atoms in total.